The molecule has 0 aliphatic carbocycles. The van der Waals surface area contributed by atoms with Crippen LogP contribution in [0.15, 0.2) is 22.7 Å². The summed E-state index contributed by atoms with van der Waals surface area (Å²) in [7, 11) is 1.43. The number of halogens is 1. The van der Waals surface area contributed by atoms with Crippen molar-refractivity contribution in [1.82, 2.24) is 15.5 Å². The highest BCUT2D eigenvalue weighted by atomic mass is 19.1. The Hall–Kier alpha value is -1.95. The molecule has 0 amide bonds. The third kappa shape index (κ3) is 2.38. The van der Waals surface area contributed by atoms with Gasteiger partial charge in [-0.25, -0.2) is 4.39 Å². The summed E-state index contributed by atoms with van der Waals surface area (Å²) >= 11 is 0. The second kappa shape index (κ2) is 5.58. The Labute approximate surface area is 116 Å². The highest BCUT2D eigenvalue weighted by molar-refractivity contribution is 5.64. The second-order valence-electron chi connectivity index (χ2n) is 4.80. The Bertz CT molecular complexity index is 594. The highest BCUT2D eigenvalue weighted by Crippen LogP contribution is 2.32. The first kappa shape index (κ1) is 13.1. The molecule has 0 saturated carbocycles. The zero-order valence-corrected chi connectivity index (χ0v) is 11.2. The Morgan fingerprint density at radius 1 is 1.35 bits per heavy atom. The summed E-state index contributed by atoms with van der Waals surface area (Å²) in [6, 6.07) is 4.67. The van der Waals surface area contributed by atoms with Gasteiger partial charge in [0.05, 0.1) is 12.7 Å². The minimum atomic E-state index is -0.432. The SMILES string of the molecule is COc1c(F)cccc1-c1noc(C2CCNCC2)n1. The molecule has 2 heterocycles. The smallest absolute Gasteiger partial charge is 0.230 e. The first-order valence-electron chi connectivity index (χ1n) is 6.67. The van der Waals surface area contributed by atoms with Crippen molar-refractivity contribution in [3.8, 4) is 17.1 Å². The van der Waals surface area contributed by atoms with Crippen LogP contribution in [0.5, 0.6) is 5.75 Å². The lowest BCUT2D eigenvalue weighted by Crippen LogP contribution is -2.26. The molecule has 2 aromatic rings. The number of piperidine rings is 1. The van der Waals surface area contributed by atoms with E-state index < -0.39 is 5.82 Å². The van der Waals surface area contributed by atoms with Gasteiger partial charge in [0, 0.05) is 5.92 Å². The number of nitrogens with one attached hydrogen (secondary N) is 1. The maximum Gasteiger partial charge on any atom is 0.230 e. The lowest BCUT2D eigenvalue weighted by Gasteiger charge is -2.18. The summed E-state index contributed by atoms with van der Waals surface area (Å²) in [6.45, 7) is 1.90. The molecule has 1 aromatic heterocycles. The molecule has 1 saturated heterocycles. The monoisotopic (exact) mass is 277 g/mol. The van der Waals surface area contributed by atoms with Crippen LogP contribution in [-0.4, -0.2) is 30.3 Å². The topological polar surface area (TPSA) is 60.2 Å². The van der Waals surface area contributed by atoms with E-state index in [-0.39, 0.29) is 11.7 Å². The van der Waals surface area contributed by atoms with Crippen molar-refractivity contribution in [2.24, 2.45) is 0 Å². The van der Waals surface area contributed by atoms with Crippen molar-refractivity contribution in [2.45, 2.75) is 18.8 Å². The van der Waals surface area contributed by atoms with Gasteiger partial charge < -0.3 is 14.6 Å². The number of ether oxygens (including phenoxy) is 1. The molecule has 1 aliphatic heterocycles. The van der Waals surface area contributed by atoms with E-state index in [1.165, 1.54) is 13.2 Å². The maximum atomic E-state index is 13.7. The zero-order chi connectivity index (χ0) is 13.9. The number of aromatic nitrogens is 2. The summed E-state index contributed by atoms with van der Waals surface area (Å²) in [5, 5.41) is 7.25. The van der Waals surface area contributed by atoms with Gasteiger partial charge in [0.1, 0.15) is 0 Å². The highest BCUT2D eigenvalue weighted by Gasteiger charge is 2.23. The minimum absolute atomic E-state index is 0.144. The van der Waals surface area contributed by atoms with Crippen molar-refractivity contribution >= 4 is 0 Å². The molecule has 5 nitrogen and oxygen atoms in total. The third-order valence-electron chi connectivity index (χ3n) is 3.54. The fourth-order valence-electron chi connectivity index (χ4n) is 2.47. The Balaban J connectivity index is 1.92. The molecular formula is C14H16FN3O2. The molecule has 1 N–H and O–H groups in total. The van der Waals surface area contributed by atoms with Crippen LogP contribution in [0, 0.1) is 5.82 Å². The van der Waals surface area contributed by atoms with E-state index in [4.69, 9.17) is 9.26 Å². The first-order valence-corrected chi connectivity index (χ1v) is 6.67. The van der Waals surface area contributed by atoms with E-state index in [1.54, 1.807) is 12.1 Å². The predicted octanol–water partition coefficient (Wildman–Crippen LogP) is 2.35. The van der Waals surface area contributed by atoms with Crippen LogP contribution in [0.3, 0.4) is 0 Å². The van der Waals surface area contributed by atoms with Gasteiger partial charge in [-0.1, -0.05) is 11.2 Å². The van der Waals surface area contributed by atoms with E-state index in [0.717, 1.165) is 25.9 Å². The van der Waals surface area contributed by atoms with Crippen molar-refractivity contribution in [1.29, 1.82) is 0 Å². The normalized spacial score (nSPS) is 16.3. The van der Waals surface area contributed by atoms with Gasteiger partial charge in [-0.05, 0) is 38.1 Å². The second-order valence-corrected chi connectivity index (χ2v) is 4.80. The number of nitrogens with zero attached hydrogens (tertiary/aromatic N) is 2. The zero-order valence-electron chi connectivity index (χ0n) is 11.2. The third-order valence-corrected chi connectivity index (χ3v) is 3.54. The number of para-hydroxylation sites is 1. The van der Waals surface area contributed by atoms with Crippen molar-refractivity contribution < 1.29 is 13.7 Å². The largest absolute Gasteiger partial charge is 0.493 e. The average Bonchev–Trinajstić information content (AvgIpc) is 2.97. The van der Waals surface area contributed by atoms with E-state index in [2.05, 4.69) is 15.5 Å². The molecule has 1 aliphatic rings. The maximum absolute atomic E-state index is 13.7. The summed E-state index contributed by atoms with van der Waals surface area (Å²) in [6.07, 6.45) is 1.95. The van der Waals surface area contributed by atoms with Crippen LogP contribution >= 0.6 is 0 Å². The van der Waals surface area contributed by atoms with E-state index >= 15 is 0 Å². The molecule has 0 radical (unpaired) electrons. The van der Waals surface area contributed by atoms with Gasteiger partial charge in [0.2, 0.25) is 11.7 Å². The summed E-state index contributed by atoms with van der Waals surface area (Å²) in [4.78, 5) is 4.40. The molecule has 0 spiro atoms. The van der Waals surface area contributed by atoms with Crippen molar-refractivity contribution in [2.75, 3.05) is 20.2 Å². The van der Waals surface area contributed by atoms with E-state index in [9.17, 15) is 4.39 Å². The molecule has 20 heavy (non-hydrogen) atoms. The summed E-state index contributed by atoms with van der Waals surface area (Å²) in [5.74, 6) is 0.975. The molecule has 106 valence electrons. The van der Waals surface area contributed by atoms with Gasteiger partial charge >= 0.3 is 0 Å². The quantitative estimate of drug-likeness (QED) is 0.933. The molecular weight excluding hydrogens is 261 g/mol. The van der Waals surface area contributed by atoms with Crippen LogP contribution in [0.25, 0.3) is 11.4 Å². The van der Waals surface area contributed by atoms with Gasteiger partial charge in [-0.15, -0.1) is 0 Å². The number of hydrogen-bond acceptors (Lipinski definition) is 5. The molecule has 6 heteroatoms. The minimum Gasteiger partial charge on any atom is -0.493 e. The Morgan fingerprint density at radius 2 is 2.15 bits per heavy atom. The van der Waals surface area contributed by atoms with Gasteiger partial charge in [-0.3, -0.25) is 0 Å². The van der Waals surface area contributed by atoms with Gasteiger partial charge in [-0.2, -0.15) is 4.98 Å². The van der Waals surface area contributed by atoms with Gasteiger partial charge in [0.25, 0.3) is 0 Å². The first-order chi connectivity index (χ1) is 9.79. The van der Waals surface area contributed by atoms with Crippen molar-refractivity contribution in [3.63, 3.8) is 0 Å². The van der Waals surface area contributed by atoms with Crippen LogP contribution in [0.2, 0.25) is 0 Å². The molecule has 0 bridgehead atoms. The van der Waals surface area contributed by atoms with Crippen LogP contribution in [0.4, 0.5) is 4.39 Å². The van der Waals surface area contributed by atoms with Gasteiger partial charge in [0.15, 0.2) is 11.6 Å². The van der Waals surface area contributed by atoms with E-state index in [1.807, 2.05) is 0 Å². The molecule has 0 atom stereocenters. The average molecular weight is 277 g/mol. The fraction of sp³-hybridized carbons (Fsp3) is 0.429. The molecule has 1 fully saturated rings. The standard InChI is InChI=1S/C14H16FN3O2/c1-19-12-10(3-2-4-11(12)15)13-17-14(20-18-13)9-5-7-16-8-6-9/h2-4,9,16H,5-8H2,1H3. The summed E-state index contributed by atoms with van der Waals surface area (Å²) in [5.41, 5.74) is 0.511. The lowest BCUT2D eigenvalue weighted by molar-refractivity contribution is 0.320. The van der Waals surface area contributed by atoms with E-state index in [0.29, 0.717) is 17.3 Å². The lowest BCUT2D eigenvalue weighted by atomic mass is 9.98. The fourth-order valence-corrected chi connectivity index (χ4v) is 2.47. The number of rotatable bonds is 3. The van der Waals surface area contributed by atoms with Crippen LogP contribution in [-0.2, 0) is 0 Å². The van der Waals surface area contributed by atoms with Crippen LogP contribution in [0.1, 0.15) is 24.7 Å². The molecule has 1 aromatic carbocycles. The Morgan fingerprint density at radius 3 is 2.90 bits per heavy atom. The predicted molar refractivity (Wildman–Crippen MR) is 71.1 cm³/mol. The number of methoxy groups -OCH3 is 1. The Kier molecular flexibility index (Phi) is 3.64. The molecule has 0 unspecified atom stereocenters. The number of benzene rings is 1. The number of hydrogen-bond donors (Lipinski definition) is 1. The molecule has 3 rings (SSSR count). The van der Waals surface area contributed by atoms with Crippen molar-refractivity contribution in [3.05, 3.63) is 29.9 Å². The summed E-state index contributed by atoms with van der Waals surface area (Å²) < 4.78 is 24.1. The van der Waals surface area contributed by atoms with Crippen LogP contribution < -0.4 is 10.1 Å².